The van der Waals surface area contributed by atoms with Crippen LogP contribution in [-0.2, 0) is 0 Å². The van der Waals surface area contributed by atoms with Crippen molar-refractivity contribution in [3.05, 3.63) is 23.8 Å². The Bertz CT molecular complexity index is 441. The number of aromatic hydroxyl groups is 1. The Balaban J connectivity index is 2.65. The summed E-state index contributed by atoms with van der Waals surface area (Å²) < 4.78 is 34.0. The molecule has 15 heavy (non-hydrogen) atoms. The molecule has 0 saturated heterocycles. The van der Waals surface area contributed by atoms with Gasteiger partial charge in [0.15, 0.2) is 11.5 Å². The van der Waals surface area contributed by atoms with Gasteiger partial charge in [-0.1, -0.05) is 12.7 Å². The van der Waals surface area contributed by atoms with Gasteiger partial charge in [-0.25, -0.2) is 0 Å². The number of hydrogen-bond acceptors (Lipinski definition) is 3. The molecule has 3 nitrogen and oxygen atoms in total. The van der Waals surface area contributed by atoms with E-state index in [-0.39, 0.29) is 17.2 Å². The molecule has 0 aromatic heterocycles. The minimum atomic E-state index is -3.73. The lowest BCUT2D eigenvalue weighted by Gasteiger charge is -2.04. The van der Waals surface area contributed by atoms with E-state index >= 15 is 0 Å². The van der Waals surface area contributed by atoms with Crippen LogP contribution in [0.25, 0.3) is 6.08 Å². The number of hydrogen-bond donors (Lipinski definition) is 1. The molecule has 0 amide bonds. The van der Waals surface area contributed by atoms with Gasteiger partial charge in [0.1, 0.15) is 0 Å². The van der Waals surface area contributed by atoms with E-state index in [0.29, 0.717) is 11.1 Å². The number of fused-ring (bicyclic) bond motifs is 1. The third-order valence-electron chi connectivity index (χ3n) is 2.09. The zero-order valence-electron chi connectivity index (χ0n) is 7.88. The van der Waals surface area contributed by atoms with Gasteiger partial charge in [0.05, 0.1) is 0 Å². The molecule has 5 heteroatoms. The molecule has 1 heterocycles. The third kappa shape index (κ3) is 1.40. The maximum absolute atomic E-state index is 12.8. The van der Waals surface area contributed by atoms with Gasteiger partial charge in [0, 0.05) is 5.56 Å². The summed E-state index contributed by atoms with van der Waals surface area (Å²) in [5, 5.41) is 9.50. The van der Waals surface area contributed by atoms with Crippen molar-refractivity contribution in [1.82, 2.24) is 0 Å². The van der Waals surface area contributed by atoms with E-state index in [4.69, 9.17) is 0 Å². The van der Waals surface area contributed by atoms with Gasteiger partial charge in [0.25, 0.3) is 0 Å². The molecule has 1 N–H and O–H groups in total. The number of halogens is 2. The Hall–Kier alpha value is -1.78. The van der Waals surface area contributed by atoms with Crippen LogP contribution in [0.2, 0.25) is 0 Å². The first-order valence-electron chi connectivity index (χ1n) is 4.19. The minimum absolute atomic E-state index is 0.182. The zero-order valence-corrected chi connectivity index (χ0v) is 7.88. The summed E-state index contributed by atoms with van der Waals surface area (Å²) in [6.45, 7) is 5.04. The Labute approximate surface area is 84.5 Å². The molecule has 0 unspecified atom stereocenters. The molecule has 0 bridgehead atoms. The molecule has 0 aliphatic carbocycles. The molecular formula is C10H8F2O3. The van der Waals surface area contributed by atoms with Crippen LogP contribution in [0, 0.1) is 6.92 Å². The first-order chi connectivity index (χ1) is 6.94. The van der Waals surface area contributed by atoms with E-state index in [0.717, 1.165) is 0 Å². The third-order valence-corrected chi connectivity index (χ3v) is 2.09. The van der Waals surface area contributed by atoms with Crippen LogP contribution in [0.4, 0.5) is 8.78 Å². The number of aryl methyl sites for hydroxylation is 1. The van der Waals surface area contributed by atoms with Gasteiger partial charge in [-0.3, -0.25) is 0 Å². The van der Waals surface area contributed by atoms with E-state index in [1.54, 1.807) is 6.92 Å². The molecule has 80 valence electrons. The monoisotopic (exact) mass is 214 g/mol. The second-order valence-corrected chi connectivity index (χ2v) is 3.16. The molecule has 0 fully saturated rings. The van der Waals surface area contributed by atoms with Crippen molar-refractivity contribution in [3.8, 4) is 17.2 Å². The molecule has 0 spiro atoms. The lowest BCUT2D eigenvalue weighted by atomic mass is 10.1. The van der Waals surface area contributed by atoms with Crippen molar-refractivity contribution in [1.29, 1.82) is 0 Å². The average molecular weight is 214 g/mol. The number of ether oxygens (including phenoxy) is 2. The van der Waals surface area contributed by atoms with Gasteiger partial charge in [-0.2, -0.15) is 0 Å². The number of alkyl halides is 2. The van der Waals surface area contributed by atoms with Gasteiger partial charge >= 0.3 is 6.29 Å². The average Bonchev–Trinajstić information content (AvgIpc) is 2.48. The predicted octanol–water partition coefficient (Wildman–Crippen LogP) is 2.67. The quantitative estimate of drug-likeness (QED) is 0.781. The molecule has 1 aliphatic heterocycles. The molecule has 2 rings (SSSR count). The van der Waals surface area contributed by atoms with E-state index in [1.165, 1.54) is 12.1 Å². The highest BCUT2D eigenvalue weighted by Crippen LogP contribution is 2.50. The number of benzene rings is 1. The smallest absolute Gasteiger partial charge is 0.504 e. The van der Waals surface area contributed by atoms with Crippen LogP contribution in [0.3, 0.4) is 0 Å². The fourth-order valence-corrected chi connectivity index (χ4v) is 1.39. The molecule has 1 aliphatic rings. The Morgan fingerprint density at radius 1 is 1.40 bits per heavy atom. The Morgan fingerprint density at radius 2 is 2.00 bits per heavy atom. The van der Waals surface area contributed by atoms with E-state index in [1.807, 2.05) is 0 Å². The van der Waals surface area contributed by atoms with Crippen LogP contribution in [0.15, 0.2) is 12.6 Å². The number of phenols is 1. The maximum Gasteiger partial charge on any atom is 0.586 e. The second-order valence-electron chi connectivity index (χ2n) is 3.16. The number of phenolic OH excluding ortho intramolecular Hbond substituents is 1. The number of rotatable bonds is 1. The summed E-state index contributed by atoms with van der Waals surface area (Å²) in [6.07, 6.45) is -2.37. The summed E-state index contributed by atoms with van der Waals surface area (Å²) in [5.41, 5.74) is 0.780. The summed E-state index contributed by atoms with van der Waals surface area (Å²) in [4.78, 5) is 0. The standard InChI is InChI=1S/C10H8F2O3/c1-3-6-4-5(2)7(13)9-8(6)14-10(11,12)15-9/h3-4,13H,1H2,2H3. The van der Waals surface area contributed by atoms with Crippen molar-refractivity contribution in [2.75, 3.05) is 0 Å². The molecule has 0 radical (unpaired) electrons. The Kier molecular flexibility index (Phi) is 1.86. The van der Waals surface area contributed by atoms with Gasteiger partial charge in [-0.05, 0) is 18.6 Å². The largest absolute Gasteiger partial charge is 0.586 e. The fourth-order valence-electron chi connectivity index (χ4n) is 1.39. The van der Waals surface area contributed by atoms with Gasteiger partial charge in [0.2, 0.25) is 5.75 Å². The van der Waals surface area contributed by atoms with Crippen LogP contribution in [0.5, 0.6) is 17.2 Å². The normalized spacial score (nSPS) is 16.5. The molecular weight excluding hydrogens is 206 g/mol. The zero-order chi connectivity index (χ0) is 11.2. The molecule has 0 saturated carbocycles. The lowest BCUT2D eigenvalue weighted by Crippen LogP contribution is -2.26. The predicted molar refractivity (Wildman–Crippen MR) is 49.1 cm³/mol. The first-order valence-corrected chi connectivity index (χ1v) is 4.19. The summed E-state index contributed by atoms with van der Waals surface area (Å²) >= 11 is 0. The highest BCUT2D eigenvalue weighted by molar-refractivity contribution is 5.68. The van der Waals surface area contributed by atoms with Crippen LogP contribution in [-0.4, -0.2) is 11.4 Å². The minimum Gasteiger partial charge on any atom is -0.504 e. The van der Waals surface area contributed by atoms with Crippen molar-refractivity contribution >= 4 is 6.08 Å². The fraction of sp³-hybridized carbons (Fsp3) is 0.200. The SMILES string of the molecule is C=Cc1cc(C)c(O)c2c1OC(F)(F)O2. The summed E-state index contributed by atoms with van der Waals surface area (Å²) in [5.74, 6) is -0.860. The Morgan fingerprint density at radius 3 is 2.60 bits per heavy atom. The van der Waals surface area contributed by atoms with Crippen LogP contribution < -0.4 is 9.47 Å². The molecule has 0 atom stereocenters. The van der Waals surface area contributed by atoms with E-state index < -0.39 is 6.29 Å². The van der Waals surface area contributed by atoms with Gasteiger partial charge in [-0.15, -0.1) is 8.78 Å². The lowest BCUT2D eigenvalue weighted by molar-refractivity contribution is -0.287. The highest BCUT2D eigenvalue weighted by Gasteiger charge is 2.46. The molecule has 1 aromatic carbocycles. The first kappa shape index (κ1) is 9.76. The summed E-state index contributed by atoms with van der Waals surface area (Å²) in [6, 6.07) is 1.49. The van der Waals surface area contributed by atoms with Crippen molar-refractivity contribution in [2.45, 2.75) is 13.2 Å². The highest BCUT2D eigenvalue weighted by atomic mass is 19.3. The van der Waals surface area contributed by atoms with Crippen molar-refractivity contribution < 1.29 is 23.4 Å². The van der Waals surface area contributed by atoms with Crippen molar-refractivity contribution in [3.63, 3.8) is 0 Å². The van der Waals surface area contributed by atoms with Crippen LogP contribution >= 0.6 is 0 Å². The molecule has 1 aromatic rings. The van der Waals surface area contributed by atoms with Gasteiger partial charge < -0.3 is 14.6 Å². The van der Waals surface area contributed by atoms with Crippen molar-refractivity contribution in [2.24, 2.45) is 0 Å². The topological polar surface area (TPSA) is 38.7 Å². The second kappa shape index (κ2) is 2.85. The maximum atomic E-state index is 12.8. The van der Waals surface area contributed by atoms with Crippen LogP contribution in [0.1, 0.15) is 11.1 Å². The van der Waals surface area contributed by atoms with E-state index in [9.17, 15) is 13.9 Å². The summed E-state index contributed by atoms with van der Waals surface area (Å²) in [7, 11) is 0. The van der Waals surface area contributed by atoms with E-state index in [2.05, 4.69) is 16.1 Å².